The van der Waals surface area contributed by atoms with Crippen molar-refractivity contribution in [2.45, 2.75) is 0 Å². The second-order valence-corrected chi connectivity index (χ2v) is 2.95. The molecule has 14 heavy (non-hydrogen) atoms. The SMILES string of the molecule is O=Cc1ccc(-n2cccc2)cc1O. The first-order chi connectivity index (χ1) is 6.81. The summed E-state index contributed by atoms with van der Waals surface area (Å²) in [6.45, 7) is 0. The normalized spacial score (nSPS) is 10.0. The molecule has 0 aliphatic heterocycles. The van der Waals surface area contributed by atoms with Gasteiger partial charge in [0.15, 0.2) is 6.29 Å². The molecular weight excluding hydrogens is 178 g/mol. The predicted molar refractivity (Wildman–Crippen MR) is 52.8 cm³/mol. The molecule has 2 aromatic rings. The van der Waals surface area contributed by atoms with Gasteiger partial charge in [0.05, 0.1) is 5.56 Å². The predicted octanol–water partition coefficient (Wildman–Crippen LogP) is 2.00. The number of rotatable bonds is 2. The molecule has 0 fully saturated rings. The summed E-state index contributed by atoms with van der Waals surface area (Å²) in [5.41, 5.74) is 1.14. The molecule has 0 bridgehead atoms. The van der Waals surface area contributed by atoms with Crippen molar-refractivity contribution in [2.75, 3.05) is 0 Å². The molecular formula is C11H9NO2. The van der Waals surface area contributed by atoms with Crippen molar-refractivity contribution >= 4 is 6.29 Å². The van der Waals surface area contributed by atoms with Gasteiger partial charge < -0.3 is 9.67 Å². The van der Waals surface area contributed by atoms with Crippen molar-refractivity contribution in [2.24, 2.45) is 0 Å². The number of carbonyl (C=O) groups is 1. The number of carbonyl (C=O) groups excluding carboxylic acids is 1. The Morgan fingerprint density at radius 3 is 2.50 bits per heavy atom. The van der Waals surface area contributed by atoms with Crippen LogP contribution in [-0.4, -0.2) is 16.0 Å². The summed E-state index contributed by atoms with van der Waals surface area (Å²) in [4.78, 5) is 10.5. The number of phenols is 1. The summed E-state index contributed by atoms with van der Waals surface area (Å²) in [5, 5.41) is 9.45. The smallest absolute Gasteiger partial charge is 0.153 e. The van der Waals surface area contributed by atoms with Gasteiger partial charge in [-0.15, -0.1) is 0 Å². The number of aldehydes is 1. The standard InChI is InChI=1S/C11H9NO2/c13-8-9-3-4-10(7-11(9)14)12-5-1-2-6-12/h1-8,14H. The highest BCUT2D eigenvalue weighted by molar-refractivity contribution is 5.79. The average Bonchev–Trinajstić information content (AvgIpc) is 2.70. The molecule has 70 valence electrons. The molecule has 0 aliphatic carbocycles. The number of nitrogens with zero attached hydrogens (tertiary/aromatic N) is 1. The number of aromatic nitrogens is 1. The molecule has 0 radical (unpaired) electrons. The van der Waals surface area contributed by atoms with E-state index in [1.807, 2.05) is 29.1 Å². The zero-order chi connectivity index (χ0) is 9.97. The highest BCUT2D eigenvalue weighted by Crippen LogP contribution is 2.19. The first kappa shape index (κ1) is 8.56. The van der Waals surface area contributed by atoms with E-state index in [0.29, 0.717) is 11.8 Å². The van der Waals surface area contributed by atoms with E-state index in [-0.39, 0.29) is 5.75 Å². The van der Waals surface area contributed by atoms with Gasteiger partial charge in [0, 0.05) is 24.1 Å². The molecule has 0 atom stereocenters. The molecule has 0 amide bonds. The molecule has 0 aliphatic rings. The third-order valence-electron chi connectivity index (χ3n) is 2.04. The maximum absolute atomic E-state index is 10.5. The lowest BCUT2D eigenvalue weighted by Gasteiger charge is -2.04. The zero-order valence-electron chi connectivity index (χ0n) is 7.42. The van der Waals surface area contributed by atoms with Gasteiger partial charge in [-0.1, -0.05) is 0 Å². The van der Waals surface area contributed by atoms with Crippen LogP contribution in [0.5, 0.6) is 5.75 Å². The van der Waals surface area contributed by atoms with E-state index in [1.165, 1.54) is 0 Å². The Morgan fingerprint density at radius 1 is 1.21 bits per heavy atom. The fraction of sp³-hybridized carbons (Fsp3) is 0. The van der Waals surface area contributed by atoms with Crippen LogP contribution in [0.1, 0.15) is 10.4 Å². The molecule has 0 saturated carbocycles. The van der Waals surface area contributed by atoms with Crippen LogP contribution >= 0.6 is 0 Å². The van der Waals surface area contributed by atoms with Crippen molar-refractivity contribution in [1.82, 2.24) is 4.57 Å². The monoisotopic (exact) mass is 187 g/mol. The minimum Gasteiger partial charge on any atom is -0.507 e. The molecule has 1 N–H and O–H groups in total. The lowest BCUT2D eigenvalue weighted by molar-refractivity contribution is 0.112. The van der Waals surface area contributed by atoms with E-state index in [4.69, 9.17) is 0 Å². The maximum Gasteiger partial charge on any atom is 0.153 e. The number of benzene rings is 1. The van der Waals surface area contributed by atoms with E-state index in [0.717, 1.165) is 5.69 Å². The van der Waals surface area contributed by atoms with Gasteiger partial charge in [-0.2, -0.15) is 0 Å². The summed E-state index contributed by atoms with van der Waals surface area (Å²) in [6.07, 6.45) is 4.37. The number of hydrogen-bond acceptors (Lipinski definition) is 2. The minimum absolute atomic E-state index is 0.00574. The molecule has 1 aromatic heterocycles. The topological polar surface area (TPSA) is 42.2 Å². The molecule has 0 spiro atoms. The van der Waals surface area contributed by atoms with Gasteiger partial charge in [-0.25, -0.2) is 0 Å². The second-order valence-electron chi connectivity index (χ2n) is 2.95. The molecule has 1 aromatic carbocycles. The largest absolute Gasteiger partial charge is 0.507 e. The molecule has 2 rings (SSSR count). The average molecular weight is 187 g/mol. The molecule has 3 heteroatoms. The highest BCUT2D eigenvalue weighted by atomic mass is 16.3. The number of aromatic hydroxyl groups is 1. The molecule has 1 heterocycles. The summed E-state index contributed by atoms with van der Waals surface area (Å²) < 4.78 is 1.86. The fourth-order valence-corrected chi connectivity index (χ4v) is 1.30. The van der Waals surface area contributed by atoms with Crippen LogP contribution in [0.3, 0.4) is 0 Å². The van der Waals surface area contributed by atoms with Crippen molar-refractivity contribution in [3.8, 4) is 11.4 Å². The van der Waals surface area contributed by atoms with Crippen LogP contribution in [0.4, 0.5) is 0 Å². The van der Waals surface area contributed by atoms with Gasteiger partial charge in [0.25, 0.3) is 0 Å². The minimum atomic E-state index is 0.00574. The van der Waals surface area contributed by atoms with Gasteiger partial charge in [-0.05, 0) is 24.3 Å². The van der Waals surface area contributed by atoms with Crippen molar-refractivity contribution < 1.29 is 9.90 Å². The van der Waals surface area contributed by atoms with Crippen molar-refractivity contribution in [3.05, 3.63) is 48.3 Å². The summed E-state index contributed by atoms with van der Waals surface area (Å²) in [6, 6.07) is 8.72. The van der Waals surface area contributed by atoms with E-state index in [2.05, 4.69) is 0 Å². The van der Waals surface area contributed by atoms with Crippen molar-refractivity contribution in [3.63, 3.8) is 0 Å². The van der Waals surface area contributed by atoms with Crippen LogP contribution in [0, 0.1) is 0 Å². The Morgan fingerprint density at radius 2 is 1.93 bits per heavy atom. The number of phenolic OH excluding ortho intramolecular Hbond substituents is 1. The molecule has 0 saturated heterocycles. The first-order valence-electron chi connectivity index (χ1n) is 4.23. The van der Waals surface area contributed by atoms with E-state index < -0.39 is 0 Å². The molecule has 3 nitrogen and oxygen atoms in total. The van der Waals surface area contributed by atoms with Gasteiger partial charge >= 0.3 is 0 Å². The fourth-order valence-electron chi connectivity index (χ4n) is 1.30. The third-order valence-corrected chi connectivity index (χ3v) is 2.04. The third kappa shape index (κ3) is 1.40. The first-order valence-corrected chi connectivity index (χ1v) is 4.23. The maximum atomic E-state index is 10.5. The second kappa shape index (κ2) is 3.38. The lowest BCUT2D eigenvalue weighted by atomic mass is 10.2. The summed E-state index contributed by atoms with van der Waals surface area (Å²) >= 11 is 0. The van der Waals surface area contributed by atoms with Crippen LogP contribution in [-0.2, 0) is 0 Å². The van der Waals surface area contributed by atoms with Crippen molar-refractivity contribution in [1.29, 1.82) is 0 Å². The van der Waals surface area contributed by atoms with E-state index >= 15 is 0 Å². The van der Waals surface area contributed by atoms with Gasteiger partial charge in [0.1, 0.15) is 5.75 Å². The Kier molecular flexibility index (Phi) is 2.07. The Hall–Kier alpha value is -2.03. The Balaban J connectivity index is 2.48. The molecule has 0 unspecified atom stereocenters. The van der Waals surface area contributed by atoms with Crippen LogP contribution in [0.2, 0.25) is 0 Å². The quantitative estimate of drug-likeness (QED) is 0.730. The zero-order valence-corrected chi connectivity index (χ0v) is 7.42. The number of hydrogen-bond donors (Lipinski definition) is 1. The Bertz CT molecular complexity index is 446. The van der Waals surface area contributed by atoms with Crippen LogP contribution in [0.15, 0.2) is 42.7 Å². The summed E-state index contributed by atoms with van der Waals surface area (Å²) in [7, 11) is 0. The van der Waals surface area contributed by atoms with E-state index in [1.54, 1.807) is 18.2 Å². The van der Waals surface area contributed by atoms with Crippen LogP contribution in [0.25, 0.3) is 5.69 Å². The van der Waals surface area contributed by atoms with E-state index in [9.17, 15) is 9.90 Å². The lowest BCUT2D eigenvalue weighted by Crippen LogP contribution is -1.90. The highest BCUT2D eigenvalue weighted by Gasteiger charge is 2.01. The van der Waals surface area contributed by atoms with Crippen LogP contribution < -0.4 is 0 Å². The van der Waals surface area contributed by atoms with Gasteiger partial charge in [-0.3, -0.25) is 4.79 Å². The summed E-state index contributed by atoms with van der Waals surface area (Å²) in [5.74, 6) is 0.00574. The Labute approximate surface area is 81.2 Å². The van der Waals surface area contributed by atoms with Gasteiger partial charge in [0.2, 0.25) is 0 Å².